The van der Waals surface area contributed by atoms with Gasteiger partial charge in [-0.3, -0.25) is 0 Å². The van der Waals surface area contributed by atoms with Crippen molar-refractivity contribution in [2.45, 2.75) is 30.2 Å². The Morgan fingerprint density at radius 1 is 1.00 bits per heavy atom. The van der Waals surface area contributed by atoms with Gasteiger partial charge in [0.2, 0.25) is 10.0 Å². The molecule has 0 aliphatic carbocycles. The first-order valence-electron chi connectivity index (χ1n) is 11.1. The Kier molecular flexibility index (Phi) is 6.38. The van der Waals surface area contributed by atoms with Crippen LogP contribution in [0.3, 0.4) is 0 Å². The Hall–Kier alpha value is -2.09. The maximum absolute atomic E-state index is 13.0. The van der Waals surface area contributed by atoms with Crippen LogP contribution in [0.5, 0.6) is 0 Å². The summed E-state index contributed by atoms with van der Waals surface area (Å²) in [5.74, 6) is 0. The van der Waals surface area contributed by atoms with Crippen LogP contribution in [0.4, 0.5) is 0 Å². The molecule has 2 heterocycles. The summed E-state index contributed by atoms with van der Waals surface area (Å²) in [7, 11) is -3.58. The molecule has 0 saturated carbocycles. The SMILES string of the molecule is O=S(=O)(NC1CCN(CCCc2c[nH]c3ccc(Cl)cc23)C1)c1ccc2cc(Cl)ccc2c1. The molecule has 8 heteroatoms. The maximum Gasteiger partial charge on any atom is 0.240 e. The van der Waals surface area contributed by atoms with E-state index in [0.29, 0.717) is 5.02 Å². The number of fused-ring (bicyclic) bond motifs is 2. The van der Waals surface area contributed by atoms with Crippen molar-refractivity contribution in [3.63, 3.8) is 0 Å². The van der Waals surface area contributed by atoms with Crippen LogP contribution in [-0.2, 0) is 16.4 Å². The van der Waals surface area contributed by atoms with Crippen molar-refractivity contribution in [2.24, 2.45) is 0 Å². The van der Waals surface area contributed by atoms with Gasteiger partial charge in [-0.15, -0.1) is 0 Å². The molecule has 1 unspecified atom stereocenters. The molecule has 0 bridgehead atoms. The van der Waals surface area contributed by atoms with Gasteiger partial charge in [0.25, 0.3) is 0 Å². The minimum atomic E-state index is -3.58. The lowest BCUT2D eigenvalue weighted by Crippen LogP contribution is -2.37. The van der Waals surface area contributed by atoms with E-state index in [1.54, 1.807) is 24.3 Å². The van der Waals surface area contributed by atoms with Crippen LogP contribution in [0.25, 0.3) is 21.7 Å². The number of benzene rings is 3. The number of halogens is 2. The third kappa shape index (κ3) is 5.05. The molecule has 1 aromatic heterocycles. The second kappa shape index (κ2) is 9.28. The largest absolute Gasteiger partial charge is 0.361 e. The van der Waals surface area contributed by atoms with E-state index in [4.69, 9.17) is 23.2 Å². The molecule has 0 amide bonds. The van der Waals surface area contributed by atoms with Crippen LogP contribution in [0.2, 0.25) is 10.0 Å². The fourth-order valence-electron chi connectivity index (χ4n) is 4.63. The molecular formula is C25H25Cl2N3O2S. The van der Waals surface area contributed by atoms with E-state index in [9.17, 15) is 8.42 Å². The number of aromatic nitrogens is 1. The summed E-state index contributed by atoms with van der Waals surface area (Å²) in [6.45, 7) is 2.55. The number of H-pyrrole nitrogens is 1. The highest BCUT2D eigenvalue weighted by molar-refractivity contribution is 7.89. The smallest absolute Gasteiger partial charge is 0.240 e. The van der Waals surface area contributed by atoms with Crippen molar-refractivity contribution in [1.29, 1.82) is 0 Å². The van der Waals surface area contributed by atoms with Crippen molar-refractivity contribution in [1.82, 2.24) is 14.6 Å². The van der Waals surface area contributed by atoms with Crippen molar-refractivity contribution in [2.75, 3.05) is 19.6 Å². The quantitative estimate of drug-likeness (QED) is 0.345. The van der Waals surface area contributed by atoms with Gasteiger partial charge in [0.05, 0.1) is 4.90 Å². The molecule has 1 saturated heterocycles. The highest BCUT2D eigenvalue weighted by Crippen LogP contribution is 2.25. The van der Waals surface area contributed by atoms with Gasteiger partial charge in [0, 0.05) is 39.7 Å². The topological polar surface area (TPSA) is 65.2 Å². The molecule has 0 spiro atoms. The third-order valence-electron chi connectivity index (χ3n) is 6.33. The average molecular weight is 502 g/mol. The molecule has 5 nitrogen and oxygen atoms in total. The van der Waals surface area contributed by atoms with Crippen molar-refractivity contribution in [3.8, 4) is 0 Å². The number of aryl methyl sites for hydroxylation is 1. The molecule has 3 aromatic carbocycles. The molecule has 1 aliphatic rings. The predicted octanol–water partition coefficient (Wildman–Crippen LogP) is 5.61. The van der Waals surface area contributed by atoms with Gasteiger partial charge in [-0.05, 0) is 91.2 Å². The third-order valence-corrected chi connectivity index (χ3v) is 8.32. The number of nitrogens with zero attached hydrogens (tertiary/aromatic N) is 1. The van der Waals surface area contributed by atoms with E-state index in [1.807, 2.05) is 30.3 Å². The fraction of sp³-hybridized carbons (Fsp3) is 0.280. The number of aromatic amines is 1. The number of hydrogen-bond acceptors (Lipinski definition) is 3. The molecule has 2 N–H and O–H groups in total. The Balaban J connectivity index is 1.17. The van der Waals surface area contributed by atoms with Crippen LogP contribution in [0, 0.1) is 0 Å². The average Bonchev–Trinajstić information content (AvgIpc) is 3.39. The lowest BCUT2D eigenvalue weighted by atomic mass is 10.1. The second-order valence-corrected chi connectivity index (χ2v) is 11.3. The molecule has 5 rings (SSSR count). The first-order valence-corrected chi connectivity index (χ1v) is 13.3. The van der Waals surface area contributed by atoms with E-state index in [2.05, 4.69) is 20.8 Å². The van der Waals surface area contributed by atoms with Gasteiger partial charge >= 0.3 is 0 Å². The summed E-state index contributed by atoms with van der Waals surface area (Å²) in [5.41, 5.74) is 2.36. The van der Waals surface area contributed by atoms with E-state index >= 15 is 0 Å². The van der Waals surface area contributed by atoms with E-state index in [1.165, 1.54) is 10.9 Å². The van der Waals surface area contributed by atoms with Gasteiger partial charge in [0.15, 0.2) is 0 Å². The van der Waals surface area contributed by atoms with Crippen LogP contribution in [0.1, 0.15) is 18.4 Å². The summed E-state index contributed by atoms with van der Waals surface area (Å²) in [5, 5.41) is 4.33. The van der Waals surface area contributed by atoms with Gasteiger partial charge in [-0.25, -0.2) is 13.1 Å². The predicted molar refractivity (Wildman–Crippen MR) is 136 cm³/mol. The summed E-state index contributed by atoms with van der Waals surface area (Å²) < 4.78 is 28.8. The maximum atomic E-state index is 13.0. The first kappa shape index (κ1) is 22.7. The Labute approximate surface area is 203 Å². The minimum absolute atomic E-state index is 0.0807. The monoisotopic (exact) mass is 501 g/mol. The number of nitrogens with one attached hydrogen (secondary N) is 2. The number of hydrogen-bond donors (Lipinski definition) is 2. The Morgan fingerprint density at radius 2 is 1.76 bits per heavy atom. The van der Waals surface area contributed by atoms with Crippen LogP contribution in [0.15, 0.2) is 65.7 Å². The van der Waals surface area contributed by atoms with Crippen LogP contribution in [-0.4, -0.2) is 44.0 Å². The first-order chi connectivity index (χ1) is 15.9. The molecule has 0 radical (unpaired) electrons. The molecule has 1 fully saturated rings. The van der Waals surface area contributed by atoms with Gasteiger partial charge < -0.3 is 9.88 Å². The van der Waals surface area contributed by atoms with Gasteiger partial charge in [0.1, 0.15) is 0 Å². The molecule has 4 aromatic rings. The molecule has 33 heavy (non-hydrogen) atoms. The summed E-state index contributed by atoms with van der Waals surface area (Å²) in [4.78, 5) is 5.92. The van der Waals surface area contributed by atoms with E-state index in [-0.39, 0.29) is 10.9 Å². The summed E-state index contributed by atoms with van der Waals surface area (Å²) in [6, 6.07) is 16.4. The molecule has 172 valence electrons. The zero-order valence-electron chi connectivity index (χ0n) is 18.0. The lowest BCUT2D eigenvalue weighted by Gasteiger charge is -2.17. The molecular weight excluding hydrogens is 477 g/mol. The Bertz CT molecular complexity index is 1420. The number of sulfonamides is 1. The zero-order chi connectivity index (χ0) is 23.0. The standard InChI is InChI=1S/C25H25Cl2N3O2S/c26-20-5-3-18-13-23(7-4-17(18)12-20)33(31,32)29-22-9-11-30(16-22)10-1-2-19-15-28-25-8-6-21(27)14-24(19)25/h3-8,12-15,22,28-29H,1-2,9-11,16H2. The Morgan fingerprint density at radius 3 is 2.64 bits per heavy atom. The van der Waals surface area contributed by atoms with Crippen molar-refractivity contribution < 1.29 is 8.42 Å². The van der Waals surface area contributed by atoms with E-state index in [0.717, 1.165) is 60.2 Å². The highest BCUT2D eigenvalue weighted by atomic mass is 35.5. The lowest BCUT2D eigenvalue weighted by molar-refractivity contribution is 0.327. The van der Waals surface area contributed by atoms with Crippen molar-refractivity contribution >= 4 is 54.9 Å². The van der Waals surface area contributed by atoms with Crippen molar-refractivity contribution in [3.05, 3.63) is 76.4 Å². The number of rotatable bonds is 7. The number of likely N-dealkylation sites (tertiary alicyclic amines) is 1. The zero-order valence-corrected chi connectivity index (χ0v) is 20.3. The van der Waals surface area contributed by atoms with Crippen LogP contribution >= 0.6 is 23.2 Å². The fourth-order valence-corrected chi connectivity index (χ4v) is 6.28. The summed E-state index contributed by atoms with van der Waals surface area (Å²) >= 11 is 12.2. The second-order valence-electron chi connectivity index (χ2n) is 8.67. The van der Waals surface area contributed by atoms with E-state index < -0.39 is 10.0 Å². The normalized spacial score (nSPS) is 17.3. The molecule has 1 atom stereocenters. The highest BCUT2D eigenvalue weighted by Gasteiger charge is 2.27. The minimum Gasteiger partial charge on any atom is -0.361 e. The summed E-state index contributed by atoms with van der Waals surface area (Å²) in [6.07, 6.45) is 4.82. The van der Waals surface area contributed by atoms with Gasteiger partial charge in [-0.1, -0.05) is 35.3 Å². The molecule has 1 aliphatic heterocycles. The van der Waals surface area contributed by atoms with Crippen LogP contribution < -0.4 is 4.72 Å². The van der Waals surface area contributed by atoms with Gasteiger partial charge in [-0.2, -0.15) is 0 Å².